The van der Waals surface area contributed by atoms with Crippen molar-refractivity contribution in [3.63, 3.8) is 0 Å². The maximum atomic E-state index is 12.5. The molecule has 2 unspecified atom stereocenters. The molecule has 0 saturated carbocycles. The monoisotopic (exact) mass is 311 g/mol. The minimum atomic E-state index is -3.50. The van der Waals surface area contributed by atoms with E-state index in [0.717, 1.165) is 18.7 Å². The molecule has 0 amide bonds. The highest BCUT2D eigenvalue weighted by molar-refractivity contribution is 7.89. The van der Waals surface area contributed by atoms with Crippen molar-refractivity contribution >= 4 is 15.7 Å². The average Bonchev–Trinajstić information content (AvgIpc) is 2.78. The second-order valence-corrected chi connectivity index (χ2v) is 7.76. The third-order valence-corrected chi connectivity index (χ3v) is 5.56. The number of benzene rings is 1. The van der Waals surface area contributed by atoms with Gasteiger partial charge in [-0.2, -0.15) is 0 Å². The quantitative estimate of drug-likeness (QED) is 0.865. The van der Waals surface area contributed by atoms with Gasteiger partial charge >= 0.3 is 0 Å². The van der Waals surface area contributed by atoms with E-state index in [1.807, 2.05) is 26.0 Å². The zero-order valence-electron chi connectivity index (χ0n) is 12.9. The third-order valence-electron chi connectivity index (χ3n) is 3.85. The molecule has 1 heterocycles. The molecule has 2 atom stereocenters. The number of anilines is 1. The summed E-state index contributed by atoms with van der Waals surface area (Å²) in [5.41, 5.74) is 6.54. The lowest BCUT2D eigenvalue weighted by atomic mass is 10.1. The van der Waals surface area contributed by atoms with Crippen LogP contribution >= 0.6 is 0 Å². The Balaban J connectivity index is 2.38. The highest BCUT2D eigenvalue weighted by Crippen LogP contribution is 2.33. The summed E-state index contributed by atoms with van der Waals surface area (Å²) < 4.78 is 27.7. The van der Waals surface area contributed by atoms with Crippen molar-refractivity contribution in [2.75, 3.05) is 18.0 Å². The van der Waals surface area contributed by atoms with E-state index in [9.17, 15) is 8.42 Å². The van der Waals surface area contributed by atoms with Crippen LogP contribution in [-0.4, -0.2) is 33.6 Å². The second-order valence-electron chi connectivity index (χ2n) is 6.08. The number of rotatable bonds is 5. The van der Waals surface area contributed by atoms with Gasteiger partial charge in [0.2, 0.25) is 10.0 Å². The number of nitrogens with zero attached hydrogens (tertiary/aromatic N) is 1. The van der Waals surface area contributed by atoms with Crippen LogP contribution in [0.4, 0.5) is 5.69 Å². The molecule has 1 aliphatic heterocycles. The van der Waals surface area contributed by atoms with Crippen LogP contribution in [0.1, 0.15) is 27.2 Å². The topological polar surface area (TPSA) is 75.4 Å². The molecule has 1 saturated heterocycles. The van der Waals surface area contributed by atoms with E-state index >= 15 is 0 Å². The Labute approximate surface area is 127 Å². The molecule has 0 radical (unpaired) electrons. The molecule has 0 spiro atoms. The fourth-order valence-corrected chi connectivity index (χ4v) is 4.41. The van der Waals surface area contributed by atoms with Gasteiger partial charge in [-0.25, -0.2) is 13.1 Å². The van der Waals surface area contributed by atoms with Crippen LogP contribution in [-0.2, 0) is 10.0 Å². The third kappa shape index (κ3) is 3.56. The summed E-state index contributed by atoms with van der Waals surface area (Å²) in [5, 5.41) is 0. The molecular formula is C15H25N3O2S. The van der Waals surface area contributed by atoms with Crippen molar-refractivity contribution in [3.05, 3.63) is 24.3 Å². The maximum absolute atomic E-state index is 12.5. The predicted octanol–water partition coefficient (Wildman–Crippen LogP) is 1.55. The van der Waals surface area contributed by atoms with Crippen molar-refractivity contribution in [3.8, 4) is 0 Å². The Hall–Kier alpha value is -1.11. The zero-order chi connectivity index (χ0) is 15.6. The standard InChI is InChI=1S/C15H25N3O2S/c1-11(2)17-21(19,20)15-7-5-4-6-14(15)18-10-13(9-16)8-12(18)3/h4-7,11-13,17H,8-10,16H2,1-3H3. The lowest BCUT2D eigenvalue weighted by molar-refractivity contribution is 0.569. The van der Waals surface area contributed by atoms with Crippen LogP contribution in [0.5, 0.6) is 0 Å². The number of nitrogens with two attached hydrogens (primary N) is 1. The lowest BCUT2D eigenvalue weighted by Crippen LogP contribution is -2.34. The first kappa shape index (κ1) is 16.3. The Bertz CT molecular complexity index is 586. The van der Waals surface area contributed by atoms with E-state index in [1.165, 1.54) is 0 Å². The summed E-state index contributed by atoms with van der Waals surface area (Å²) in [7, 11) is -3.50. The van der Waals surface area contributed by atoms with Crippen molar-refractivity contribution in [1.82, 2.24) is 4.72 Å². The molecule has 1 aliphatic rings. The van der Waals surface area contributed by atoms with Gasteiger partial charge in [0.1, 0.15) is 4.90 Å². The number of hydrogen-bond acceptors (Lipinski definition) is 4. The summed E-state index contributed by atoms with van der Waals surface area (Å²) in [6, 6.07) is 7.36. The molecule has 1 fully saturated rings. The number of nitrogens with one attached hydrogen (secondary N) is 1. The lowest BCUT2D eigenvalue weighted by Gasteiger charge is -2.26. The van der Waals surface area contributed by atoms with Gasteiger partial charge in [-0.05, 0) is 51.8 Å². The van der Waals surface area contributed by atoms with Gasteiger partial charge in [0.05, 0.1) is 5.69 Å². The predicted molar refractivity (Wildman–Crippen MR) is 85.9 cm³/mol. The first-order chi connectivity index (χ1) is 9.85. The second kappa shape index (κ2) is 6.34. The van der Waals surface area contributed by atoms with Gasteiger partial charge in [0, 0.05) is 18.6 Å². The highest BCUT2D eigenvalue weighted by Gasteiger charge is 2.31. The number of para-hydroxylation sites is 1. The van der Waals surface area contributed by atoms with Gasteiger partial charge < -0.3 is 10.6 Å². The van der Waals surface area contributed by atoms with Gasteiger partial charge in [0.15, 0.2) is 0 Å². The van der Waals surface area contributed by atoms with E-state index in [-0.39, 0.29) is 6.04 Å². The molecule has 21 heavy (non-hydrogen) atoms. The molecule has 3 N–H and O–H groups in total. The van der Waals surface area contributed by atoms with Gasteiger partial charge in [-0.3, -0.25) is 0 Å². The highest BCUT2D eigenvalue weighted by atomic mass is 32.2. The Morgan fingerprint density at radius 2 is 2.05 bits per heavy atom. The molecular weight excluding hydrogens is 286 g/mol. The van der Waals surface area contributed by atoms with Crippen molar-refractivity contribution in [2.45, 2.75) is 44.2 Å². The van der Waals surface area contributed by atoms with Gasteiger partial charge in [-0.1, -0.05) is 12.1 Å². The Morgan fingerprint density at radius 3 is 2.62 bits per heavy atom. The number of hydrogen-bond donors (Lipinski definition) is 2. The molecule has 1 aromatic rings. The molecule has 118 valence electrons. The van der Waals surface area contributed by atoms with Crippen LogP contribution in [0.2, 0.25) is 0 Å². The Kier molecular flexibility index (Phi) is 4.91. The molecule has 6 heteroatoms. The Morgan fingerprint density at radius 1 is 1.38 bits per heavy atom. The summed E-state index contributed by atoms with van der Waals surface area (Å²) in [5.74, 6) is 0.425. The zero-order valence-corrected chi connectivity index (χ0v) is 13.7. The average molecular weight is 311 g/mol. The van der Waals surface area contributed by atoms with Crippen molar-refractivity contribution in [1.29, 1.82) is 0 Å². The molecule has 0 aliphatic carbocycles. The van der Waals surface area contributed by atoms with Crippen LogP contribution in [0.25, 0.3) is 0 Å². The summed E-state index contributed by atoms with van der Waals surface area (Å²) in [4.78, 5) is 2.51. The normalized spacial score (nSPS) is 23.0. The fourth-order valence-electron chi connectivity index (χ4n) is 2.94. The molecule has 2 rings (SSSR count). The summed E-state index contributed by atoms with van der Waals surface area (Å²) in [6.07, 6.45) is 1.00. The molecule has 1 aromatic carbocycles. The first-order valence-corrected chi connectivity index (χ1v) is 8.91. The van der Waals surface area contributed by atoms with Crippen LogP contribution in [0.3, 0.4) is 0 Å². The van der Waals surface area contributed by atoms with Crippen molar-refractivity contribution < 1.29 is 8.42 Å². The fraction of sp³-hybridized carbons (Fsp3) is 0.600. The van der Waals surface area contributed by atoms with E-state index in [4.69, 9.17) is 5.73 Å². The maximum Gasteiger partial charge on any atom is 0.242 e. The van der Waals surface area contributed by atoms with Gasteiger partial charge in [0.25, 0.3) is 0 Å². The van der Waals surface area contributed by atoms with E-state index in [1.54, 1.807) is 12.1 Å². The largest absolute Gasteiger partial charge is 0.367 e. The SMILES string of the molecule is CC(C)NS(=O)(=O)c1ccccc1N1CC(CN)CC1C. The summed E-state index contributed by atoms with van der Waals surface area (Å²) in [6.45, 7) is 7.22. The smallest absolute Gasteiger partial charge is 0.242 e. The number of sulfonamides is 1. The van der Waals surface area contributed by atoms with Gasteiger partial charge in [-0.15, -0.1) is 0 Å². The van der Waals surface area contributed by atoms with E-state index in [2.05, 4.69) is 16.5 Å². The minimum absolute atomic E-state index is 0.129. The molecule has 0 aromatic heterocycles. The van der Waals surface area contributed by atoms with E-state index < -0.39 is 10.0 Å². The van der Waals surface area contributed by atoms with Crippen LogP contribution in [0.15, 0.2) is 29.2 Å². The minimum Gasteiger partial charge on any atom is -0.367 e. The first-order valence-electron chi connectivity index (χ1n) is 7.43. The summed E-state index contributed by atoms with van der Waals surface area (Å²) >= 11 is 0. The molecule has 5 nitrogen and oxygen atoms in total. The van der Waals surface area contributed by atoms with Crippen LogP contribution < -0.4 is 15.4 Å². The van der Waals surface area contributed by atoms with Crippen LogP contribution in [0, 0.1) is 5.92 Å². The molecule has 0 bridgehead atoms. The van der Waals surface area contributed by atoms with Crippen molar-refractivity contribution in [2.24, 2.45) is 11.7 Å². The van der Waals surface area contributed by atoms with E-state index in [0.29, 0.717) is 23.4 Å².